The molecule has 0 fully saturated rings. The second-order valence-electron chi connectivity index (χ2n) is 11.7. The summed E-state index contributed by atoms with van der Waals surface area (Å²) < 4.78 is 5.50. The van der Waals surface area contributed by atoms with Crippen LogP contribution in [0.25, 0.3) is 0 Å². The van der Waals surface area contributed by atoms with Crippen LogP contribution in [0.1, 0.15) is 95.0 Å². The third-order valence-corrected chi connectivity index (χ3v) is 6.76. The zero-order chi connectivity index (χ0) is 30.6. The molecule has 0 heterocycles. The summed E-state index contributed by atoms with van der Waals surface area (Å²) in [7, 11) is 0. The van der Waals surface area contributed by atoms with Crippen molar-refractivity contribution in [3.05, 3.63) is 64.7 Å². The third kappa shape index (κ3) is 11.1. The van der Waals surface area contributed by atoms with Crippen molar-refractivity contribution in [2.24, 2.45) is 0 Å². The van der Waals surface area contributed by atoms with Crippen LogP contribution in [0.15, 0.2) is 42.5 Å². The van der Waals surface area contributed by atoms with Gasteiger partial charge in [-0.25, -0.2) is 4.79 Å². The molecular weight excluding hydrogens is 518 g/mol. The number of amides is 3. The zero-order valence-corrected chi connectivity index (χ0v) is 25.9. The van der Waals surface area contributed by atoms with Gasteiger partial charge in [0.25, 0.3) is 0 Å². The molecule has 2 aromatic rings. The van der Waals surface area contributed by atoms with E-state index in [1.54, 1.807) is 49.9 Å². The van der Waals surface area contributed by atoms with E-state index in [1.807, 2.05) is 39.0 Å². The normalized spacial score (nSPS) is 12.8. The van der Waals surface area contributed by atoms with Crippen molar-refractivity contribution in [1.82, 2.24) is 15.5 Å². The van der Waals surface area contributed by atoms with Gasteiger partial charge in [-0.2, -0.15) is 0 Å². The monoisotopic (exact) mass is 567 g/mol. The molecule has 2 rings (SSSR count). The lowest BCUT2D eigenvalue weighted by Gasteiger charge is -2.35. The lowest BCUT2D eigenvalue weighted by molar-refractivity contribution is -0.142. The Morgan fingerprint density at radius 1 is 0.951 bits per heavy atom. The molecule has 0 bridgehead atoms. The van der Waals surface area contributed by atoms with Gasteiger partial charge in [-0.05, 0) is 76.3 Å². The summed E-state index contributed by atoms with van der Waals surface area (Å²) in [6.07, 6.45) is 3.86. The quantitative estimate of drug-likeness (QED) is 0.238. The number of aryl methyl sites for hydroxylation is 2. The molecule has 2 atom stereocenters. The van der Waals surface area contributed by atoms with Gasteiger partial charge in [0, 0.05) is 19.5 Å². The van der Waals surface area contributed by atoms with E-state index in [4.69, 9.17) is 4.74 Å². The summed E-state index contributed by atoms with van der Waals surface area (Å²) in [6, 6.07) is 10.5. The van der Waals surface area contributed by atoms with Crippen molar-refractivity contribution >= 4 is 17.9 Å². The van der Waals surface area contributed by atoms with E-state index in [9.17, 15) is 19.5 Å². The first-order valence-corrected chi connectivity index (χ1v) is 14.8. The summed E-state index contributed by atoms with van der Waals surface area (Å²) in [5, 5.41) is 15.6. The molecule has 3 N–H and O–H groups in total. The third-order valence-electron chi connectivity index (χ3n) is 6.76. The summed E-state index contributed by atoms with van der Waals surface area (Å²) >= 11 is 0. The number of nitrogens with zero attached hydrogens (tertiary/aromatic N) is 1. The average molecular weight is 568 g/mol. The van der Waals surface area contributed by atoms with E-state index in [2.05, 4.69) is 17.6 Å². The molecule has 0 saturated carbocycles. The van der Waals surface area contributed by atoms with E-state index in [1.165, 1.54) is 0 Å². The van der Waals surface area contributed by atoms with Crippen molar-refractivity contribution < 1.29 is 24.2 Å². The van der Waals surface area contributed by atoms with Crippen LogP contribution in [-0.4, -0.2) is 52.6 Å². The number of unbranched alkanes of at least 4 members (excludes halogenated alkanes) is 3. The Morgan fingerprint density at radius 3 is 2.20 bits per heavy atom. The number of hydrogen-bond acceptors (Lipinski definition) is 5. The van der Waals surface area contributed by atoms with Crippen molar-refractivity contribution in [2.45, 2.75) is 105 Å². The highest BCUT2D eigenvalue weighted by Gasteiger charge is 2.36. The summed E-state index contributed by atoms with van der Waals surface area (Å²) in [5.74, 6) is -0.500. The van der Waals surface area contributed by atoms with Gasteiger partial charge in [0.2, 0.25) is 11.8 Å². The topological polar surface area (TPSA) is 108 Å². The highest BCUT2D eigenvalue weighted by Crippen LogP contribution is 2.27. The number of alkyl carbamates (subject to hydrolysis) is 1. The fraction of sp³-hybridized carbons (Fsp3) is 0.545. The van der Waals surface area contributed by atoms with Crippen LogP contribution in [0, 0.1) is 13.8 Å². The Morgan fingerprint density at radius 2 is 1.61 bits per heavy atom. The average Bonchev–Trinajstić information content (AvgIpc) is 2.89. The number of benzene rings is 2. The van der Waals surface area contributed by atoms with Crippen molar-refractivity contribution in [3.63, 3.8) is 0 Å². The Bertz CT molecular complexity index is 1140. The molecule has 0 spiro atoms. The maximum Gasteiger partial charge on any atom is 0.408 e. The molecule has 41 heavy (non-hydrogen) atoms. The Labute approximate surface area is 245 Å². The van der Waals surface area contributed by atoms with Crippen LogP contribution >= 0.6 is 0 Å². The maximum atomic E-state index is 14.4. The van der Waals surface area contributed by atoms with Crippen molar-refractivity contribution in [2.75, 3.05) is 13.1 Å². The number of aromatic hydroxyl groups is 1. The predicted molar refractivity (Wildman–Crippen MR) is 163 cm³/mol. The molecule has 8 nitrogen and oxygen atoms in total. The predicted octanol–water partition coefficient (Wildman–Crippen LogP) is 6.12. The van der Waals surface area contributed by atoms with Gasteiger partial charge in [0.05, 0.1) is 0 Å². The number of phenols is 1. The fourth-order valence-corrected chi connectivity index (χ4v) is 4.68. The van der Waals surface area contributed by atoms with Gasteiger partial charge in [-0.15, -0.1) is 0 Å². The summed E-state index contributed by atoms with van der Waals surface area (Å²) in [4.78, 5) is 42.8. The first-order chi connectivity index (χ1) is 19.4. The molecule has 0 aliphatic rings. The van der Waals surface area contributed by atoms with E-state index in [0.29, 0.717) is 19.5 Å². The molecule has 2 aromatic carbocycles. The summed E-state index contributed by atoms with van der Waals surface area (Å²) in [5.41, 5.74) is 2.74. The molecule has 3 amide bonds. The Kier molecular flexibility index (Phi) is 13.2. The molecule has 0 radical (unpaired) electrons. The van der Waals surface area contributed by atoms with Crippen LogP contribution in [0.2, 0.25) is 0 Å². The van der Waals surface area contributed by atoms with E-state index in [-0.39, 0.29) is 24.0 Å². The number of nitrogens with one attached hydrogen (secondary N) is 2. The summed E-state index contributed by atoms with van der Waals surface area (Å²) in [6.45, 7) is 14.2. The van der Waals surface area contributed by atoms with Crippen LogP contribution in [-0.2, 0) is 20.7 Å². The molecule has 0 aliphatic carbocycles. The van der Waals surface area contributed by atoms with Crippen LogP contribution < -0.4 is 10.6 Å². The van der Waals surface area contributed by atoms with E-state index >= 15 is 0 Å². The highest BCUT2D eigenvalue weighted by molar-refractivity contribution is 5.92. The smallest absolute Gasteiger partial charge is 0.408 e. The van der Waals surface area contributed by atoms with Crippen LogP contribution in [0.4, 0.5) is 4.79 Å². The van der Waals surface area contributed by atoms with E-state index < -0.39 is 23.8 Å². The number of ether oxygens (including phenoxy) is 1. The molecule has 8 heteroatoms. The van der Waals surface area contributed by atoms with Gasteiger partial charge in [-0.1, -0.05) is 69.0 Å². The van der Waals surface area contributed by atoms with Gasteiger partial charge in [-0.3, -0.25) is 9.59 Å². The van der Waals surface area contributed by atoms with Crippen LogP contribution in [0.5, 0.6) is 5.75 Å². The Hall–Kier alpha value is -3.55. The van der Waals surface area contributed by atoms with Gasteiger partial charge in [0.15, 0.2) is 0 Å². The van der Waals surface area contributed by atoms with Gasteiger partial charge in [0.1, 0.15) is 23.4 Å². The SMILES string of the molecule is CCCCCNC(=O)C(c1ccc(C)cc1C)N(CCCC)C(=O)C(Cc1ccc(O)cc1)NC(=O)OC(C)(C)C. The number of phenolic OH excluding ortho intramolecular Hbond substituents is 1. The molecule has 0 saturated heterocycles. The first kappa shape index (κ1) is 33.7. The van der Waals surface area contributed by atoms with Crippen molar-refractivity contribution in [3.8, 4) is 5.75 Å². The van der Waals surface area contributed by atoms with E-state index in [0.717, 1.165) is 47.9 Å². The minimum absolute atomic E-state index is 0.107. The number of hydrogen-bond donors (Lipinski definition) is 3. The molecule has 226 valence electrons. The van der Waals surface area contributed by atoms with Gasteiger partial charge < -0.3 is 25.4 Å². The lowest BCUT2D eigenvalue weighted by atomic mass is 9.95. The number of carbonyl (C=O) groups is 3. The first-order valence-electron chi connectivity index (χ1n) is 14.8. The largest absolute Gasteiger partial charge is 0.508 e. The molecule has 0 aliphatic heterocycles. The van der Waals surface area contributed by atoms with Crippen molar-refractivity contribution in [1.29, 1.82) is 0 Å². The standard InChI is InChI=1S/C33H49N3O5/c1-8-10-12-19-34-30(38)29(27-18-13-23(3)21-24(27)4)36(20-11-9-2)31(39)28(35-32(40)41-33(5,6)7)22-25-14-16-26(37)17-15-25/h13-18,21,28-29,37H,8-12,19-20,22H2,1-7H3,(H,34,38)(H,35,40). The lowest BCUT2D eigenvalue weighted by Crippen LogP contribution is -2.54. The van der Waals surface area contributed by atoms with Crippen LogP contribution in [0.3, 0.4) is 0 Å². The molecule has 0 aromatic heterocycles. The second kappa shape index (κ2) is 16.0. The minimum atomic E-state index is -0.993. The molecular formula is C33H49N3O5. The number of carbonyl (C=O) groups excluding carboxylic acids is 3. The van der Waals surface area contributed by atoms with Gasteiger partial charge >= 0.3 is 6.09 Å². The maximum absolute atomic E-state index is 14.4. The highest BCUT2D eigenvalue weighted by atomic mass is 16.6. The Balaban J connectivity index is 2.55. The minimum Gasteiger partial charge on any atom is -0.508 e. The zero-order valence-electron chi connectivity index (χ0n) is 25.9. The second-order valence-corrected chi connectivity index (χ2v) is 11.7. The molecule has 2 unspecified atom stereocenters. The number of rotatable bonds is 14. The fourth-order valence-electron chi connectivity index (χ4n) is 4.68.